The quantitative estimate of drug-likeness (QED) is 0.709. The van der Waals surface area contributed by atoms with Gasteiger partial charge in [0.1, 0.15) is 0 Å². The van der Waals surface area contributed by atoms with Crippen LogP contribution in [0.2, 0.25) is 0 Å². The van der Waals surface area contributed by atoms with Crippen LogP contribution >= 0.6 is 0 Å². The number of rotatable bonds is 5. The van der Waals surface area contributed by atoms with E-state index in [1.807, 2.05) is 0 Å². The van der Waals surface area contributed by atoms with Crippen molar-refractivity contribution in [2.75, 3.05) is 20.2 Å². The van der Waals surface area contributed by atoms with Gasteiger partial charge in [0.05, 0.1) is 12.1 Å². The average molecular weight is 226 g/mol. The molecule has 4 heteroatoms. The van der Waals surface area contributed by atoms with Crippen molar-refractivity contribution in [1.82, 2.24) is 4.90 Å². The molecule has 2 atom stereocenters. The van der Waals surface area contributed by atoms with Crippen molar-refractivity contribution >= 4 is 5.91 Å². The maximum Gasteiger partial charge on any atom is 0.239 e. The Morgan fingerprint density at radius 2 is 2.44 bits per heavy atom. The molecule has 1 rings (SSSR count). The van der Waals surface area contributed by atoms with E-state index < -0.39 is 6.04 Å². The summed E-state index contributed by atoms with van der Waals surface area (Å²) in [7, 11) is 1.78. The SMILES string of the molecule is C=CCC(N)C(=O)N(C)CC1CCCCO1. The van der Waals surface area contributed by atoms with Crippen molar-refractivity contribution in [1.29, 1.82) is 0 Å². The first-order chi connectivity index (χ1) is 7.65. The van der Waals surface area contributed by atoms with Crippen LogP contribution in [0.1, 0.15) is 25.7 Å². The van der Waals surface area contributed by atoms with Gasteiger partial charge in [-0.25, -0.2) is 0 Å². The molecule has 4 nitrogen and oxygen atoms in total. The molecule has 1 heterocycles. The van der Waals surface area contributed by atoms with Crippen molar-refractivity contribution < 1.29 is 9.53 Å². The molecule has 0 spiro atoms. The lowest BCUT2D eigenvalue weighted by atomic mass is 10.1. The second-order valence-corrected chi connectivity index (χ2v) is 4.34. The van der Waals surface area contributed by atoms with E-state index in [0.29, 0.717) is 13.0 Å². The molecule has 2 N–H and O–H groups in total. The Kier molecular flexibility index (Phi) is 5.49. The van der Waals surface area contributed by atoms with E-state index in [4.69, 9.17) is 10.5 Å². The number of ether oxygens (including phenoxy) is 1. The number of carbonyl (C=O) groups excluding carboxylic acids is 1. The summed E-state index contributed by atoms with van der Waals surface area (Å²) in [5, 5.41) is 0. The highest BCUT2D eigenvalue weighted by Crippen LogP contribution is 2.13. The van der Waals surface area contributed by atoms with E-state index in [-0.39, 0.29) is 12.0 Å². The topological polar surface area (TPSA) is 55.6 Å². The molecule has 0 aliphatic carbocycles. The van der Waals surface area contributed by atoms with Crippen LogP contribution in [0.3, 0.4) is 0 Å². The monoisotopic (exact) mass is 226 g/mol. The molecule has 0 radical (unpaired) electrons. The van der Waals surface area contributed by atoms with E-state index in [9.17, 15) is 4.79 Å². The standard InChI is InChI=1S/C12H22N2O2/c1-3-6-11(13)12(15)14(2)9-10-7-4-5-8-16-10/h3,10-11H,1,4-9,13H2,2H3. The van der Waals surface area contributed by atoms with Gasteiger partial charge < -0.3 is 15.4 Å². The molecule has 1 fully saturated rings. The van der Waals surface area contributed by atoms with Crippen molar-refractivity contribution in [3.63, 3.8) is 0 Å². The number of hydrogen-bond acceptors (Lipinski definition) is 3. The number of amides is 1. The second-order valence-electron chi connectivity index (χ2n) is 4.34. The molecular formula is C12H22N2O2. The zero-order valence-corrected chi connectivity index (χ0v) is 10.0. The highest BCUT2D eigenvalue weighted by Gasteiger charge is 2.21. The largest absolute Gasteiger partial charge is 0.376 e. The molecule has 0 aromatic carbocycles. The van der Waals surface area contributed by atoms with Crippen molar-refractivity contribution in [2.45, 2.75) is 37.8 Å². The summed E-state index contributed by atoms with van der Waals surface area (Å²) < 4.78 is 5.58. The van der Waals surface area contributed by atoms with E-state index in [1.54, 1.807) is 18.0 Å². The maximum atomic E-state index is 11.8. The molecule has 92 valence electrons. The van der Waals surface area contributed by atoms with E-state index in [2.05, 4.69) is 6.58 Å². The Hall–Kier alpha value is -0.870. The van der Waals surface area contributed by atoms with Crippen molar-refractivity contribution in [2.24, 2.45) is 5.73 Å². The van der Waals surface area contributed by atoms with Crippen LogP contribution in [0, 0.1) is 0 Å². The van der Waals surface area contributed by atoms with Gasteiger partial charge in [0, 0.05) is 20.2 Å². The zero-order valence-electron chi connectivity index (χ0n) is 10.0. The van der Waals surface area contributed by atoms with Crippen LogP contribution in [0.25, 0.3) is 0 Å². The Bertz CT molecular complexity index is 237. The molecule has 1 amide bonds. The minimum Gasteiger partial charge on any atom is -0.376 e. The van der Waals surface area contributed by atoms with Gasteiger partial charge in [0.25, 0.3) is 0 Å². The lowest BCUT2D eigenvalue weighted by Crippen LogP contribution is -2.45. The van der Waals surface area contributed by atoms with Gasteiger partial charge in [-0.15, -0.1) is 6.58 Å². The van der Waals surface area contributed by atoms with Gasteiger partial charge in [-0.1, -0.05) is 6.08 Å². The summed E-state index contributed by atoms with van der Waals surface area (Å²) >= 11 is 0. The third-order valence-corrected chi connectivity index (χ3v) is 2.87. The van der Waals surface area contributed by atoms with Crippen LogP contribution in [0.5, 0.6) is 0 Å². The first-order valence-electron chi connectivity index (χ1n) is 5.88. The highest BCUT2D eigenvalue weighted by molar-refractivity contribution is 5.81. The average Bonchev–Trinajstić information content (AvgIpc) is 2.29. The Morgan fingerprint density at radius 1 is 1.69 bits per heavy atom. The van der Waals surface area contributed by atoms with Gasteiger partial charge in [-0.2, -0.15) is 0 Å². The number of carbonyl (C=O) groups is 1. The smallest absolute Gasteiger partial charge is 0.239 e. The van der Waals surface area contributed by atoms with Crippen LogP contribution in [-0.4, -0.2) is 43.2 Å². The lowest BCUT2D eigenvalue weighted by molar-refractivity contribution is -0.133. The van der Waals surface area contributed by atoms with Crippen LogP contribution in [-0.2, 0) is 9.53 Å². The van der Waals surface area contributed by atoms with Crippen LogP contribution in [0.15, 0.2) is 12.7 Å². The third-order valence-electron chi connectivity index (χ3n) is 2.87. The summed E-state index contributed by atoms with van der Waals surface area (Å²) in [6, 6.07) is -0.467. The van der Waals surface area contributed by atoms with Gasteiger partial charge >= 0.3 is 0 Å². The zero-order chi connectivity index (χ0) is 12.0. The van der Waals surface area contributed by atoms with Gasteiger partial charge in [-0.05, 0) is 25.7 Å². The molecule has 16 heavy (non-hydrogen) atoms. The number of hydrogen-bond donors (Lipinski definition) is 1. The van der Waals surface area contributed by atoms with Crippen LogP contribution < -0.4 is 5.73 Å². The van der Waals surface area contributed by atoms with Gasteiger partial charge in [0.15, 0.2) is 0 Å². The molecule has 2 unspecified atom stereocenters. The normalized spacial score (nSPS) is 22.5. The van der Waals surface area contributed by atoms with E-state index >= 15 is 0 Å². The third kappa shape index (κ3) is 3.94. The molecule has 0 saturated carbocycles. The molecule has 0 aromatic heterocycles. The Balaban J connectivity index is 2.34. The molecular weight excluding hydrogens is 204 g/mol. The fourth-order valence-corrected chi connectivity index (χ4v) is 1.91. The van der Waals surface area contributed by atoms with Gasteiger partial charge in [-0.3, -0.25) is 4.79 Å². The van der Waals surface area contributed by atoms with Crippen LogP contribution in [0.4, 0.5) is 0 Å². The Labute approximate surface area is 97.4 Å². The predicted molar refractivity (Wildman–Crippen MR) is 64.0 cm³/mol. The molecule has 0 aromatic rings. The summed E-state index contributed by atoms with van der Waals surface area (Å²) in [5.74, 6) is -0.0333. The first kappa shape index (κ1) is 13.2. The second kappa shape index (κ2) is 6.66. The molecule has 1 aliphatic rings. The number of nitrogens with two attached hydrogens (primary N) is 1. The summed E-state index contributed by atoms with van der Waals surface area (Å²) in [6.07, 6.45) is 5.73. The minimum absolute atomic E-state index is 0.0333. The molecule has 0 bridgehead atoms. The number of nitrogens with zero attached hydrogens (tertiary/aromatic N) is 1. The van der Waals surface area contributed by atoms with Crippen molar-refractivity contribution in [3.05, 3.63) is 12.7 Å². The van der Waals surface area contributed by atoms with E-state index in [0.717, 1.165) is 19.4 Å². The van der Waals surface area contributed by atoms with E-state index in [1.165, 1.54) is 6.42 Å². The molecule has 1 aliphatic heterocycles. The highest BCUT2D eigenvalue weighted by atomic mass is 16.5. The maximum absolute atomic E-state index is 11.8. The first-order valence-corrected chi connectivity index (χ1v) is 5.88. The van der Waals surface area contributed by atoms with Crippen molar-refractivity contribution in [3.8, 4) is 0 Å². The van der Waals surface area contributed by atoms with Gasteiger partial charge in [0.2, 0.25) is 5.91 Å². The summed E-state index contributed by atoms with van der Waals surface area (Å²) in [6.45, 7) is 5.04. The summed E-state index contributed by atoms with van der Waals surface area (Å²) in [4.78, 5) is 13.5. The Morgan fingerprint density at radius 3 is 3.00 bits per heavy atom. The number of likely N-dealkylation sites (N-methyl/N-ethyl adjacent to an activating group) is 1. The predicted octanol–water partition coefficient (Wildman–Crippen LogP) is 0.917. The fourth-order valence-electron chi connectivity index (χ4n) is 1.91. The molecule has 1 saturated heterocycles. The lowest BCUT2D eigenvalue weighted by Gasteiger charge is -2.28. The fraction of sp³-hybridized carbons (Fsp3) is 0.750. The summed E-state index contributed by atoms with van der Waals surface area (Å²) in [5.41, 5.74) is 5.73. The minimum atomic E-state index is -0.467.